The van der Waals surface area contributed by atoms with Gasteiger partial charge in [0.05, 0.1) is 12.9 Å². The van der Waals surface area contributed by atoms with E-state index in [0.717, 1.165) is 30.1 Å². The minimum Gasteiger partial charge on any atom is -0.493 e. The molecule has 0 radical (unpaired) electrons. The van der Waals surface area contributed by atoms with Crippen LogP contribution in [0.3, 0.4) is 0 Å². The lowest BCUT2D eigenvalue weighted by molar-refractivity contribution is -0.114. The second kappa shape index (κ2) is 6.39. The predicted molar refractivity (Wildman–Crippen MR) is 83.4 cm³/mol. The van der Waals surface area contributed by atoms with Crippen molar-refractivity contribution in [2.24, 2.45) is 0 Å². The van der Waals surface area contributed by atoms with E-state index in [4.69, 9.17) is 9.47 Å². The molecule has 22 heavy (non-hydrogen) atoms. The lowest BCUT2D eigenvalue weighted by Crippen LogP contribution is -2.27. The maximum absolute atomic E-state index is 11.5. The molecule has 6 nitrogen and oxygen atoms in total. The number of hydrogen-bond donors (Lipinski definition) is 1. The van der Waals surface area contributed by atoms with Gasteiger partial charge in [0.2, 0.25) is 10.0 Å². The van der Waals surface area contributed by atoms with Gasteiger partial charge in [-0.25, -0.2) is 13.1 Å². The molecule has 120 valence electrons. The van der Waals surface area contributed by atoms with Crippen LogP contribution in [0.2, 0.25) is 0 Å². The van der Waals surface area contributed by atoms with Crippen molar-refractivity contribution in [1.29, 1.82) is 0 Å². The third-order valence-electron chi connectivity index (χ3n) is 3.03. The highest BCUT2D eigenvalue weighted by Gasteiger charge is 2.21. The molecule has 0 fully saturated rings. The molecule has 0 bridgehead atoms. The van der Waals surface area contributed by atoms with Gasteiger partial charge in [-0.1, -0.05) is 0 Å². The van der Waals surface area contributed by atoms with Gasteiger partial charge in [-0.15, -0.1) is 0 Å². The van der Waals surface area contributed by atoms with Crippen LogP contribution < -0.4 is 14.2 Å². The van der Waals surface area contributed by atoms with Crippen LogP contribution in [-0.4, -0.2) is 33.3 Å². The summed E-state index contributed by atoms with van der Waals surface area (Å²) < 4.78 is 35.1. The lowest BCUT2D eigenvalue weighted by atomic mass is 10.1. The zero-order valence-corrected chi connectivity index (χ0v) is 13.6. The van der Waals surface area contributed by atoms with Gasteiger partial charge in [0.25, 0.3) is 5.91 Å². The number of nitrogens with one attached hydrogen (secondary N) is 1. The molecular weight excluding hydrogens is 306 g/mol. The summed E-state index contributed by atoms with van der Waals surface area (Å²) in [6.45, 7) is 4.34. The molecular formula is C15H19NO5S. The topological polar surface area (TPSA) is 81.7 Å². The van der Waals surface area contributed by atoms with Crippen LogP contribution in [0.5, 0.6) is 11.5 Å². The van der Waals surface area contributed by atoms with E-state index in [1.165, 1.54) is 6.08 Å². The molecule has 1 amide bonds. The molecule has 0 spiro atoms. The largest absolute Gasteiger partial charge is 0.493 e. The average Bonchev–Trinajstić information content (AvgIpc) is 2.73. The summed E-state index contributed by atoms with van der Waals surface area (Å²) in [6.07, 6.45) is 4.52. The smallest absolute Gasteiger partial charge is 0.257 e. The highest BCUT2D eigenvalue weighted by Crippen LogP contribution is 2.35. The first-order valence-corrected chi connectivity index (χ1v) is 8.84. The Hall–Kier alpha value is -2.02. The minimum absolute atomic E-state index is 0.109. The van der Waals surface area contributed by atoms with Gasteiger partial charge in [-0.2, -0.15) is 0 Å². The molecule has 1 atom stereocenters. The van der Waals surface area contributed by atoms with Crippen LogP contribution in [0.15, 0.2) is 18.2 Å². The third-order valence-corrected chi connectivity index (χ3v) is 3.60. The van der Waals surface area contributed by atoms with Crippen molar-refractivity contribution in [2.45, 2.75) is 26.4 Å². The van der Waals surface area contributed by atoms with Gasteiger partial charge in [0.1, 0.15) is 17.6 Å². The fourth-order valence-corrected chi connectivity index (χ4v) is 2.68. The Morgan fingerprint density at radius 1 is 1.50 bits per heavy atom. The van der Waals surface area contributed by atoms with E-state index in [-0.39, 0.29) is 6.10 Å². The van der Waals surface area contributed by atoms with E-state index in [1.807, 2.05) is 24.6 Å². The lowest BCUT2D eigenvalue weighted by Gasteiger charge is -2.10. The summed E-state index contributed by atoms with van der Waals surface area (Å²) in [5.74, 6) is 0.696. The Bertz CT molecular complexity index is 709. The van der Waals surface area contributed by atoms with Gasteiger partial charge < -0.3 is 9.47 Å². The number of hydrogen-bond acceptors (Lipinski definition) is 5. The number of fused-ring (bicyclic) bond motifs is 1. The van der Waals surface area contributed by atoms with E-state index in [0.29, 0.717) is 17.9 Å². The number of rotatable bonds is 5. The Labute approximate surface area is 130 Å². The highest BCUT2D eigenvalue weighted by molar-refractivity contribution is 7.89. The Morgan fingerprint density at radius 2 is 2.23 bits per heavy atom. The molecule has 0 saturated heterocycles. The molecule has 1 aliphatic heterocycles. The summed E-state index contributed by atoms with van der Waals surface area (Å²) in [7, 11) is -3.57. The minimum atomic E-state index is -3.57. The number of carbonyl (C=O) groups excluding carboxylic acids is 1. The Morgan fingerprint density at radius 3 is 2.86 bits per heavy atom. The number of ether oxygens (including phenoxy) is 2. The van der Waals surface area contributed by atoms with Crippen molar-refractivity contribution in [2.75, 3.05) is 12.9 Å². The van der Waals surface area contributed by atoms with Crippen molar-refractivity contribution < 1.29 is 22.7 Å². The SMILES string of the molecule is CCOc1cc2c(cc1/C=C/C(=O)NS(C)(=O)=O)O[C@@H](C)C2. The number of amides is 1. The van der Waals surface area contributed by atoms with Gasteiger partial charge in [0.15, 0.2) is 0 Å². The summed E-state index contributed by atoms with van der Waals surface area (Å²) in [6, 6.07) is 3.70. The van der Waals surface area contributed by atoms with Crippen molar-refractivity contribution >= 4 is 22.0 Å². The normalized spacial score (nSPS) is 17.1. The zero-order chi connectivity index (χ0) is 16.3. The zero-order valence-electron chi connectivity index (χ0n) is 12.8. The average molecular weight is 325 g/mol. The van der Waals surface area contributed by atoms with Crippen molar-refractivity contribution in [3.8, 4) is 11.5 Å². The number of carbonyl (C=O) groups is 1. The summed E-state index contributed by atoms with van der Waals surface area (Å²) in [5, 5.41) is 0. The molecule has 7 heteroatoms. The van der Waals surface area contributed by atoms with Crippen molar-refractivity contribution in [3.63, 3.8) is 0 Å². The van der Waals surface area contributed by atoms with Crippen LogP contribution in [-0.2, 0) is 21.2 Å². The van der Waals surface area contributed by atoms with E-state index in [2.05, 4.69) is 0 Å². The third kappa shape index (κ3) is 4.24. The maximum Gasteiger partial charge on any atom is 0.257 e. The van der Waals surface area contributed by atoms with Gasteiger partial charge in [-0.3, -0.25) is 4.79 Å². The Kier molecular flexibility index (Phi) is 4.75. The van der Waals surface area contributed by atoms with Crippen LogP contribution >= 0.6 is 0 Å². The molecule has 0 aliphatic carbocycles. The quantitative estimate of drug-likeness (QED) is 0.830. The van der Waals surface area contributed by atoms with E-state index in [9.17, 15) is 13.2 Å². The summed E-state index contributed by atoms with van der Waals surface area (Å²) in [5.41, 5.74) is 1.73. The Balaban J connectivity index is 2.26. The number of benzene rings is 1. The molecule has 1 N–H and O–H groups in total. The highest BCUT2D eigenvalue weighted by atomic mass is 32.2. The molecule has 1 aromatic carbocycles. The van der Waals surface area contributed by atoms with Gasteiger partial charge >= 0.3 is 0 Å². The second-order valence-electron chi connectivity index (χ2n) is 5.14. The molecule has 2 rings (SSSR count). The van der Waals surface area contributed by atoms with Crippen molar-refractivity contribution in [3.05, 3.63) is 29.3 Å². The monoisotopic (exact) mass is 325 g/mol. The first-order chi connectivity index (χ1) is 10.3. The molecule has 0 aromatic heterocycles. The van der Waals surface area contributed by atoms with Crippen LogP contribution in [0.4, 0.5) is 0 Å². The summed E-state index contributed by atoms with van der Waals surface area (Å²) in [4.78, 5) is 11.5. The predicted octanol–water partition coefficient (Wildman–Crippen LogP) is 1.50. The second-order valence-corrected chi connectivity index (χ2v) is 6.88. The molecule has 1 aromatic rings. The van der Waals surface area contributed by atoms with E-state index >= 15 is 0 Å². The van der Waals surface area contributed by atoms with Crippen LogP contribution in [0.25, 0.3) is 6.08 Å². The first-order valence-electron chi connectivity index (χ1n) is 6.94. The first kappa shape index (κ1) is 16.4. The van der Waals surface area contributed by atoms with E-state index in [1.54, 1.807) is 6.07 Å². The van der Waals surface area contributed by atoms with Gasteiger partial charge in [0, 0.05) is 23.6 Å². The summed E-state index contributed by atoms with van der Waals surface area (Å²) >= 11 is 0. The van der Waals surface area contributed by atoms with E-state index < -0.39 is 15.9 Å². The van der Waals surface area contributed by atoms with Crippen LogP contribution in [0.1, 0.15) is 25.0 Å². The number of sulfonamides is 1. The van der Waals surface area contributed by atoms with Crippen molar-refractivity contribution in [1.82, 2.24) is 4.72 Å². The standard InChI is InChI=1S/C15H19NO5S/c1-4-20-13-9-12-7-10(2)21-14(12)8-11(13)5-6-15(17)16-22(3,18)19/h5-6,8-10H,4,7H2,1-3H3,(H,16,17)/b6-5+/t10-/m0/s1. The van der Waals surface area contributed by atoms with Crippen LogP contribution in [0, 0.1) is 0 Å². The van der Waals surface area contributed by atoms with Gasteiger partial charge in [-0.05, 0) is 32.1 Å². The molecule has 0 unspecified atom stereocenters. The maximum atomic E-state index is 11.5. The molecule has 0 saturated carbocycles. The molecule has 1 aliphatic rings. The fraction of sp³-hybridized carbons (Fsp3) is 0.400. The molecule has 1 heterocycles. The fourth-order valence-electron chi connectivity index (χ4n) is 2.25.